The van der Waals surface area contributed by atoms with Gasteiger partial charge in [0, 0.05) is 62.7 Å². The van der Waals surface area contributed by atoms with Gasteiger partial charge < -0.3 is 20.8 Å². The molecule has 0 bridgehead atoms. The standard InChI is InChI=1S/2C31H37N3O2/c1-31-16-15-24-23-14-12-22(35)17-21(23)11-13-26(24)29(31)25(27-19-34(2)33-30(27)31)9-6-10-28(36)32-18-20-7-4-3-5-8-20;1-31-16-15-24-23-14-12-22(35)17-21(23)11-13-26(24)29(31)25(27-19-33-34(2)30(27)31)9-6-10-28(36)32-18-20-7-4-3-5-8-20/h2*3-5,7-8,12,14,17,19,24-26,29,35H,6,9-11,13,15-16,18H2,1-2H3,(H,32,36)/t2*24-,25+,26-,29+,31+/m11/s1. The van der Waals surface area contributed by atoms with E-state index in [0.717, 1.165) is 56.1 Å². The topological polar surface area (TPSA) is 134 Å². The Morgan fingerprint density at radius 3 is 1.68 bits per heavy atom. The Hall–Kier alpha value is -6.16. The van der Waals surface area contributed by atoms with E-state index in [9.17, 15) is 19.8 Å². The fourth-order valence-corrected chi connectivity index (χ4v) is 16.1. The van der Waals surface area contributed by atoms with E-state index in [1.54, 1.807) is 0 Å². The number of phenols is 2. The highest BCUT2D eigenvalue weighted by atomic mass is 16.3. The molecule has 6 aliphatic carbocycles. The van der Waals surface area contributed by atoms with E-state index in [-0.39, 0.29) is 22.6 Å². The van der Waals surface area contributed by atoms with Crippen molar-refractivity contribution in [2.75, 3.05) is 0 Å². The molecular formula is C62H74N6O4. The van der Waals surface area contributed by atoms with Crippen LogP contribution in [-0.4, -0.2) is 41.6 Å². The van der Waals surface area contributed by atoms with Crippen LogP contribution in [-0.2, 0) is 60.4 Å². The number of amides is 2. The van der Waals surface area contributed by atoms with Gasteiger partial charge in [-0.3, -0.25) is 19.0 Å². The van der Waals surface area contributed by atoms with Crippen LogP contribution in [0.5, 0.6) is 11.5 Å². The van der Waals surface area contributed by atoms with Gasteiger partial charge in [0.1, 0.15) is 11.5 Å². The fourth-order valence-electron chi connectivity index (χ4n) is 16.1. The van der Waals surface area contributed by atoms with E-state index in [4.69, 9.17) is 10.2 Å². The van der Waals surface area contributed by atoms with Crippen LogP contribution >= 0.6 is 0 Å². The summed E-state index contributed by atoms with van der Waals surface area (Å²) in [7, 11) is 4.14. The number of aryl methyl sites for hydroxylation is 4. The summed E-state index contributed by atoms with van der Waals surface area (Å²) in [6.07, 6.45) is 18.5. The molecule has 6 aromatic rings. The highest BCUT2D eigenvalue weighted by Gasteiger charge is 2.60. The first-order valence-corrected chi connectivity index (χ1v) is 27.2. The smallest absolute Gasteiger partial charge is 0.220 e. The third-order valence-electron chi connectivity index (χ3n) is 19.0. The number of aromatic hydroxyl groups is 2. The van der Waals surface area contributed by atoms with E-state index < -0.39 is 0 Å². The number of nitrogens with one attached hydrogen (secondary N) is 2. The van der Waals surface area contributed by atoms with Crippen molar-refractivity contribution >= 4 is 11.8 Å². The summed E-state index contributed by atoms with van der Waals surface area (Å²) in [5, 5.41) is 36.0. The van der Waals surface area contributed by atoms with Crippen molar-refractivity contribution in [1.82, 2.24) is 30.2 Å². The number of carbonyl (C=O) groups excluding carboxylic acids is 2. The zero-order valence-electron chi connectivity index (χ0n) is 42.8. The second kappa shape index (κ2) is 19.7. The summed E-state index contributed by atoms with van der Waals surface area (Å²) in [5.74, 6) is 5.45. The highest BCUT2D eigenvalue weighted by Crippen LogP contribution is 2.66. The molecule has 0 aliphatic heterocycles. The Morgan fingerprint density at radius 2 is 1.14 bits per heavy atom. The van der Waals surface area contributed by atoms with Gasteiger partial charge in [0.15, 0.2) is 0 Å². The van der Waals surface area contributed by atoms with Crippen LogP contribution in [0.4, 0.5) is 0 Å². The zero-order chi connectivity index (χ0) is 49.7. The Labute approximate surface area is 426 Å². The molecule has 2 saturated carbocycles. The third-order valence-corrected chi connectivity index (χ3v) is 19.0. The minimum Gasteiger partial charge on any atom is -0.508 e. The summed E-state index contributed by atoms with van der Waals surface area (Å²) in [4.78, 5) is 25.3. The quantitative estimate of drug-likeness (QED) is 0.0965. The van der Waals surface area contributed by atoms with Gasteiger partial charge in [-0.1, -0.05) is 86.6 Å². The highest BCUT2D eigenvalue weighted by molar-refractivity contribution is 5.76. The Bertz CT molecular complexity index is 2870. The van der Waals surface area contributed by atoms with Gasteiger partial charge in [0.05, 0.1) is 11.9 Å². The Kier molecular flexibility index (Phi) is 13.2. The molecule has 0 saturated heterocycles. The van der Waals surface area contributed by atoms with Crippen molar-refractivity contribution in [3.63, 3.8) is 0 Å². The fraction of sp³-hybridized carbons (Fsp3) is 0.484. The predicted octanol–water partition coefficient (Wildman–Crippen LogP) is 11.4. The van der Waals surface area contributed by atoms with Crippen molar-refractivity contribution in [1.29, 1.82) is 0 Å². The number of benzene rings is 4. The van der Waals surface area contributed by atoms with Crippen LogP contribution in [0.25, 0.3) is 0 Å². The van der Waals surface area contributed by atoms with Crippen LogP contribution in [0.2, 0.25) is 0 Å². The number of hydrogen-bond acceptors (Lipinski definition) is 6. The largest absolute Gasteiger partial charge is 0.508 e. The van der Waals surface area contributed by atoms with Gasteiger partial charge in [-0.2, -0.15) is 10.2 Å². The minimum atomic E-state index is 0.104. The van der Waals surface area contributed by atoms with E-state index in [2.05, 4.69) is 60.7 Å². The van der Waals surface area contributed by atoms with Gasteiger partial charge in [0.25, 0.3) is 0 Å². The first-order valence-electron chi connectivity index (χ1n) is 27.2. The average molecular weight is 967 g/mol. The van der Waals surface area contributed by atoms with E-state index in [1.807, 2.05) is 96.7 Å². The summed E-state index contributed by atoms with van der Waals surface area (Å²) in [5.41, 5.74) is 13.7. The van der Waals surface area contributed by atoms with Gasteiger partial charge in [-0.25, -0.2) is 0 Å². The summed E-state index contributed by atoms with van der Waals surface area (Å²) in [6, 6.07) is 32.3. The molecule has 6 aliphatic rings. The number of nitrogens with zero attached hydrogens (tertiary/aromatic N) is 4. The molecule has 12 rings (SSSR count). The second-order valence-electron chi connectivity index (χ2n) is 23.0. The van der Waals surface area contributed by atoms with Gasteiger partial charge in [0.2, 0.25) is 11.8 Å². The monoisotopic (exact) mass is 967 g/mol. The molecule has 72 heavy (non-hydrogen) atoms. The molecule has 2 fully saturated rings. The molecule has 0 spiro atoms. The number of aromatic nitrogens is 4. The third kappa shape index (κ3) is 8.84. The zero-order valence-corrected chi connectivity index (χ0v) is 42.8. The number of rotatable bonds is 12. The molecule has 2 amide bonds. The van der Waals surface area contributed by atoms with Crippen LogP contribution in [0.3, 0.4) is 0 Å². The number of phenolic OH excluding ortho intramolecular Hbond substituents is 2. The molecular weight excluding hydrogens is 893 g/mol. The Balaban J connectivity index is 0.000000156. The lowest BCUT2D eigenvalue weighted by molar-refractivity contribution is -0.122. The average Bonchev–Trinajstić information content (AvgIpc) is 4.11. The molecule has 10 nitrogen and oxygen atoms in total. The number of fused-ring (bicyclic) bond motifs is 14. The lowest BCUT2D eigenvalue weighted by Crippen LogP contribution is -2.45. The van der Waals surface area contributed by atoms with E-state index >= 15 is 0 Å². The molecule has 10 heteroatoms. The molecule has 10 atom stereocenters. The van der Waals surface area contributed by atoms with Gasteiger partial charge in [-0.05, 0) is 193 Å². The van der Waals surface area contributed by atoms with Crippen LogP contribution in [0.15, 0.2) is 109 Å². The van der Waals surface area contributed by atoms with Crippen molar-refractivity contribution in [2.45, 2.75) is 151 Å². The maximum absolute atomic E-state index is 12.6. The van der Waals surface area contributed by atoms with E-state index in [1.165, 1.54) is 76.9 Å². The number of hydrogen-bond donors (Lipinski definition) is 4. The molecule has 4 aromatic carbocycles. The molecule has 0 radical (unpaired) electrons. The van der Waals surface area contributed by atoms with Crippen LogP contribution in [0.1, 0.15) is 170 Å². The van der Waals surface area contributed by atoms with Gasteiger partial charge in [-0.15, -0.1) is 0 Å². The van der Waals surface area contributed by atoms with Crippen molar-refractivity contribution in [3.8, 4) is 11.5 Å². The van der Waals surface area contributed by atoms with Crippen LogP contribution < -0.4 is 10.6 Å². The lowest BCUT2D eigenvalue weighted by Gasteiger charge is -2.51. The first-order chi connectivity index (χ1) is 34.9. The molecule has 4 N–H and O–H groups in total. The van der Waals surface area contributed by atoms with Crippen molar-refractivity contribution in [2.24, 2.45) is 37.8 Å². The normalized spacial score (nSPS) is 28.1. The van der Waals surface area contributed by atoms with Gasteiger partial charge >= 0.3 is 0 Å². The summed E-state index contributed by atoms with van der Waals surface area (Å²) >= 11 is 0. The molecule has 2 aromatic heterocycles. The predicted molar refractivity (Wildman–Crippen MR) is 282 cm³/mol. The SMILES string of the molecule is Cn1cc2c(n1)[C@@]1(C)CC[C@@H]3c4ccc(O)cc4CC[C@H]3[C@@H]1[C@H]2CCCC(=O)NCc1ccccc1.Cn1ncc2c1[C@@]1(C)CC[C@@H]3c4ccc(O)cc4CC[C@H]3[C@@H]1[C@H]2CCCC(=O)NCc1ccccc1. The molecule has 376 valence electrons. The number of carbonyl (C=O) groups is 2. The summed E-state index contributed by atoms with van der Waals surface area (Å²) < 4.78 is 4.13. The van der Waals surface area contributed by atoms with E-state index in [0.29, 0.717) is 84.8 Å². The van der Waals surface area contributed by atoms with Crippen molar-refractivity contribution < 1.29 is 19.8 Å². The lowest BCUT2D eigenvalue weighted by atomic mass is 9.53. The molecule has 2 heterocycles. The second-order valence-corrected chi connectivity index (χ2v) is 23.0. The van der Waals surface area contributed by atoms with Crippen molar-refractivity contribution in [3.05, 3.63) is 165 Å². The maximum Gasteiger partial charge on any atom is 0.220 e. The first kappa shape index (κ1) is 48.1. The van der Waals surface area contributed by atoms with Crippen LogP contribution in [0, 0.1) is 23.7 Å². The summed E-state index contributed by atoms with van der Waals surface area (Å²) in [6.45, 7) is 6.12. The Morgan fingerprint density at radius 1 is 0.639 bits per heavy atom. The maximum atomic E-state index is 12.6. The molecule has 0 unspecified atom stereocenters. The minimum absolute atomic E-state index is 0.104.